The Morgan fingerprint density at radius 2 is 1.70 bits per heavy atom. The average molecular weight is 513 g/mol. The average Bonchev–Trinajstić information content (AvgIpc) is 2.82. The molecular formula is C33H52O4. The van der Waals surface area contributed by atoms with E-state index in [1.165, 1.54) is 38.5 Å². The lowest BCUT2D eigenvalue weighted by Crippen LogP contribution is -2.65. The van der Waals surface area contributed by atoms with Gasteiger partial charge in [0.2, 0.25) is 0 Å². The van der Waals surface area contributed by atoms with Crippen molar-refractivity contribution in [3.05, 3.63) is 11.6 Å². The van der Waals surface area contributed by atoms with Gasteiger partial charge in [0.05, 0.1) is 6.61 Å². The van der Waals surface area contributed by atoms with E-state index < -0.39 is 0 Å². The van der Waals surface area contributed by atoms with Crippen LogP contribution in [0.25, 0.3) is 0 Å². The molecule has 4 heteroatoms. The van der Waals surface area contributed by atoms with Crippen molar-refractivity contribution in [2.45, 2.75) is 119 Å². The van der Waals surface area contributed by atoms with E-state index in [-0.39, 0.29) is 39.1 Å². The second-order valence-electron chi connectivity index (χ2n) is 15.4. The maximum Gasteiger partial charge on any atom is 0.302 e. The highest BCUT2D eigenvalue weighted by Gasteiger charge is 2.68. The summed E-state index contributed by atoms with van der Waals surface area (Å²) in [5, 5.41) is 0. The van der Waals surface area contributed by atoms with E-state index >= 15 is 0 Å². The Kier molecular flexibility index (Phi) is 6.52. The highest BCUT2D eigenvalue weighted by molar-refractivity contribution is 5.66. The van der Waals surface area contributed by atoms with Crippen LogP contribution in [0.1, 0.15) is 113 Å². The maximum atomic E-state index is 11.9. The van der Waals surface area contributed by atoms with Crippen molar-refractivity contribution in [3.63, 3.8) is 0 Å². The predicted molar refractivity (Wildman–Crippen MR) is 147 cm³/mol. The molecule has 0 amide bonds. The number of hydrogen-bond acceptors (Lipinski definition) is 4. The summed E-state index contributed by atoms with van der Waals surface area (Å²) in [5.74, 6) is 2.88. The number of esters is 1. The van der Waals surface area contributed by atoms with Gasteiger partial charge in [0.25, 0.3) is 6.47 Å². The van der Waals surface area contributed by atoms with E-state index in [0.717, 1.165) is 19.3 Å². The first-order valence-corrected chi connectivity index (χ1v) is 15.2. The SMILES string of the molecule is CC(=O)OC1CCC2(C)C(CCC3(C)C2CC=C2C4C(C)C(C)CCC4(COC=O)CCC23C)C1(C)C. The van der Waals surface area contributed by atoms with Crippen LogP contribution in [0.5, 0.6) is 0 Å². The number of hydrogen-bond donors (Lipinski definition) is 0. The second-order valence-corrected chi connectivity index (χ2v) is 15.4. The third-order valence-corrected chi connectivity index (χ3v) is 13.8. The molecule has 0 aromatic rings. The van der Waals surface area contributed by atoms with Crippen molar-refractivity contribution in [3.8, 4) is 0 Å². The summed E-state index contributed by atoms with van der Waals surface area (Å²) in [6.07, 6.45) is 13.2. The molecule has 4 nitrogen and oxygen atoms in total. The molecule has 0 bridgehead atoms. The molecule has 10 atom stereocenters. The summed E-state index contributed by atoms with van der Waals surface area (Å²) in [6, 6.07) is 0. The largest absolute Gasteiger partial charge is 0.467 e. The molecule has 0 saturated heterocycles. The van der Waals surface area contributed by atoms with Crippen molar-refractivity contribution in [2.24, 2.45) is 56.7 Å². The van der Waals surface area contributed by atoms with Gasteiger partial charge in [-0.05, 0) is 104 Å². The van der Waals surface area contributed by atoms with Crippen LogP contribution >= 0.6 is 0 Å². The second kappa shape index (κ2) is 8.85. The van der Waals surface area contributed by atoms with Crippen LogP contribution in [0.4, 0.5) is 0 Å². The van der Waals surface area contributed by atoms with Gasteiger partial charge in [0.15, 0.2) is 0 Å². The molecule has 10 unspecified atom stereocenters. The van der Waals surface area contributed by atoms with Crippen molar-refractivity contribution in [1.82, 2.24) is 0 Å². The first-order valence-electron chi connectivity index (χ1n) is 15.2. The first kappa shape index (κ1) is 27.3. The molecule has 5 aliphatic carbocycles. The number of allylic oxidation sites excluding steroid dienone is 2. The van der Waals surface area contributed by atoms with Crippen molar-refractivity contribution in [1.29, 1.82) is 0 Å². The topological polar surface area (TPSA) is 52.6 Å². The number of ether oxygens (including phenoxy) is 2. The molecule has 5 rings (SSSR count). The molecule has 0 heterocycles. The first-order chi connectivity index (χ1) is 17.3. The molecule has 0 aromatic heterocycles. The molecule has 37 heavy (non-hydrogen) atoms. The van der Waals surface area contributed by atoms with E-state index in [4.69, 9.17) is 9.47 Å². The Hall–Kier alpha value is -1.32. The smallest absolute Gasteiger partial charge is 0.302 e. The van der Waals surface area contributed by atoms with E-state index in [9.17, 15) is 9.59 Å². The zero-order valence-corrected chi connectivity index (χ0v) is 24.8. The zero-order valence-electron chi connectivity index (χ0n) is 24.8. The third-order valence-electron chi connectivity index (χ3n) is 13.8. The fraction of sp³-hybridized carbons (Fsp3) is 0.879. The Bertz CT molecular complexity index is 967. The minimum absolute atomic E-state index is 0.00784. The minimum atomic E-state index is -0.139. The van der Waals surface area contributed by atoms with Gasteiger partial charge in [-0.15, -0.1) is 0 Å². The normalized spacial score (nSPS) is 50.3. The Morgan fingerprint density at radius 1 is 0.973 bits per heavy atom. The van der Waals surface area contributed by atoms with E-state index in [1.54, 1.807) is 12.5 Å². The quantitative estimate of drug-likeness (QED) is 0.219. The van der Waals surface area contributed by atoms with Gasteiger partial charge < -0.3 is 9.47 Å². The monoisotopic (exact) mass is 512 g/mol. The number of fused-ring (bicyclic) bond motifs is 7. The van der Waals surface area contributed by atoms with Gasteiger partial charge >= 0.3 is 5.97 Å². The molecule has 0 aromatic carbocycles. The van der Waals surface area contributed by atoms with E-state index in [1.807, 2.05) is 0 Å². The van der Waals surface area contributed by atoms with Crippen LogP contribution in [-0.2, 0) is 19.1 Å². The summed E-state index contributed by atoms with van der Waals surface area (Å²) < 4.78 is 11.5. The Morgan fingerprint density at radius 3 is 2.38 bits per heavy atom. The summed E-state index contributed by atoms with van der Waals surface area (Å²) >= 11 is 0. The molecule has 0 radical (unpaired) electrons. The summed E-state index contributed by atoms with van der Waals surface area (Å²) in [7, 11) is 0. The van der Waals surface area contributed by atoms with Crippen LogP contribution in [0.2, 0.25) is 0 Å². The van der Waals surface area contributed by atoms with Crippen LogP contribution in [0.3, 0.4) is 0 Å². The predicted octanol–water partition coefficient (Wildman–Crippen LogP) is 7.75. The van der Waals surface area contributed by atoms with Crippen molar-refractivity contribution in [2.75, 3.05) is 6.61 Å². The van der Waals surface area contributed by atoms with Crippen LogP contribution in [0, 0.1) is 56.7 Å². The van der Waals surface area contributed by atoms with Gasteiger partial charge in [-0.25, -0.2) is 0 Å². The van der Waals surface area contributed by atoms with E-state index in [0.29, 0.717) is 42.7 Å². The zero-order chi connectivity index (χ0) is 27.0. The number of carbonyl (C=O) groups excluding carboxylic acids is 2. The Balaban J connectivity index is 1.54. The van der Waals surface area contributed by atoms with Gasteiger partial charge in [-0.3, -0.25) is 9.59 Å². The van der Waals surface area contributed by atoms with Crippen molar-refractivity contribution < 1.29 is 19.1 Å². The van der Waals surface area contributed by atoms with Gasteiger partial charge in [0.1, 0.15) is 6.10 Å². The molecule has 4 saturated carbocycles. The molecule has 0 spiro atoms. The fourth-order valence-electron chi connectivity index (χ4n) is 11.5. The molecule has 0 N–H and O–H groups in total. The standard InChI is InChI=1S/C33H52O4/c1-21-11-16-33(19-36-20-34)18-17-31(7)24(28(33)22(21)2)9-10-26-30(6)14-13-27(37-23(3)35)29(4,5)25(30)12-15-32(26,31)8/h9,20-22,25-28H,10-19H2,1-8H3. The Labute approximate surface area is 225 Å². The van der Waals surface area contributed by atoms with Crippen LogP contribution < -0.4 is 0 Å². The highest BCUT2D eigenvalue weighted by Crippen LogP contribution is 2.75. The summed E-state index contributed by atoms with van der Waals surface area (Å²) in [6.45, 7) is 20.3. The van der Waals surface area contributed by atoms with Crippen LogP contribution in [-0.4, -0.2) is 25.2 Å². The number of carbonyl (C=O) groups is 2. The fourth-order valence-corrected chi connectivity index (χ4v) is 11.5. The number of rotatable bonds is 4. The molecule has 0 aliphatic heterocycles. The van der Waals surface area contributed by atoms with Crippen molar-refractivity contribution >= 4 is 12.4 Å². The maximum absolute atomic E-state index is 11.9. The van der Waals surface area contributed by atoms with Gasteiger partial charge in [-0.1, -0.05) is 60.1 Å². The van der Waals surface area contributed by atoms with Crippen LogP contribution in [0.15, 0.2) is 11.6 Å². The lowest BCUT2D eigenvalue weighted by molar-refractivity contribution is -0.214. The lowest BCUT2D eigenvalue weighted by atomic mass is 9.33. The lowest BCUT2D eigenvalue weighted by Gasteiger charge is -2.71. The minimum Gasteiger partial charge on any atom is -0.467 e. The highest BCUT2D eigenvalue weighted by atomic mass is 16.5. The summed E-state index contributed by atoms with van der Waals surface area (Å²) in [4.78, 5) is 23.2. The molecule has 5 aliphatic rings. The van der Waals surface area contributed by atoms with E-state index in [2.05, 4.69) is 54.5 Å². The summed E-state index contributed by atoms with van der Waals surface area (Å²) in [5.41, 5.74) is 2.49. The molecule has 4 fully saturated rings. The van der Waals surface area contributed by atoms with Gasteiger partial charge in [-0.2, -0.15) is 0 Å². The molecule has 208 valence electrons. The third kappa shape index (κ3) is 3.65. The van der Waals surface area contributed by atoms with Gasteiger partial charge in [0, 0.05) is 17.8 Å². The molecular weight excluding hydrogens is 460 g/mol.